The van der Waals surface area contributed by atoms with Gasteiger partial charge in [-0.25, -0.2) is 4.98 Å². The zero-order valence-corrected chi connectivity index (χ0v) is 21.6. The summed E-state index contributed by atoms with van der Waals surface area (Å²) in [6, 6.07) is 6.48. The number of rotatable bonds is 8. The Labute approximate surface area is 219 Å². The number of alkyl halides is 3. The number of thiazole rings is 1. The molecule has 0 radical (unpaired) electrons. The Morgan fingerprint density at radius 2 is 1.89 bits per heavy atom. The highest BCUT2D eigenvalue weighted by Gasteiger charge is 2.29. The number of amides is 2. The summed E-state index contributed by atoms with van der Waals surface area (Å²) in [5.74, 6) is -0.816. The van der Waals surface area contributed by atoms with Crippen molar-refractivity contribution in [2.75, 3.05) is 56.9 Å². The lowest BCUT2D eigenvalue weighted by Crippen LogP contribution is -2.47. The SMILES string of the molecule is CCn1c(=O)/c(=C\Nc2cccc(NC(=O)CN3CCN(C)CC3)n2)s/c1=C(/C#N)C(=O)NCC(F)(F)F. The van der Waals surface area contributed by atoms with Gasteiger partial charge >= 0.3 is 6.18 Å². The molecule has 11 nitrogen and oxygen atoms in total. The third-order valence-corrected chi connectivity index (χ3v) is 6.69. The van der Waals surface area contributed by atoms with Crippen LogP contribution in [0, 0.1) is 11.3 Å². The summed E-state index contributed by atoms with van der Waals surface area (Å²) >= 11 is 0.783. The van der Waals surface area contributed by atoms with Crippen molar-refractivity contribution in [3.8, 4) is 6.07 Å². The second-order valence-corrected chi connectivity index (χ2v) is 9.46. The first kappa shape index (κ1) is 28.8. The van der Waals surface area contributed by atoms with Crippen molar-refractivity contribution in [3.05, 3.63) is 37.7 Å². The van der Waals surface area contributed by atoms with E-state index >= 15 is 0 Å². The highest BCUT2D eigenvalue weighted by molar-refractivity contribution is 7.07. The minimum Gasteiger partial charge on any atom is -0.345 e. The van der Waals surface area contributed by atoms with Gasteiger partial charge in [0.15, 0.2) is 5.57 Å². The van der Waals surface area contributed by atoms with Gasteiger partial charge in [0.2, 0.25) is 5.91 Å². The number of aromatic nitrogens is 2. The van der Waals surface area contributed by atoms with Crippen LogP contribution in [0.2, 0.25) is 0 Å². The molecule has 1 fully saturated rings. The van der Waals surface area contributed by atoms with E-state index in [1.165, 1.54) is 6.20 Å². The monoisotopic (exact) mass is 552 g/mol. The molecule has 3 heterocycles. The van der Waals surface area contributed by atoms with Gasteiger partial charge in [-0.3, -0.25) is 23.9 Å². The van der Waals surface area contributed by atoms with E-state index in [1.807, 2.05) is 11.9 Å². The largest absolute Gasteiger partial charge is 0.405 e. The number of hydrogen-bond donors (Lipinski definition) is 3. The first-order valence-electron chi connectivity index (χ1n) is 11.6. The molecule has 38 heavy (non-hydrogen) atoms. The fourth-order valence-electron chi connectivity index (χ4n) is 3.57. The molecule has 1 saturated heterocycles. The molecular weight excluding hydrogens is 525 g/mol. The number of nitriles is 1. The topological polar surface area (TPSA) is 135 Å². The smallest absolute Gasteiger partial charge is 0.345 e. The molecule has 2 amide bonds. The Bertz CT molecular complexity index is 1390. The van der Waals surface area contributed by atoms with Crippen LogP contribution in [0.4, 0.5) is 24.8 Å². The van der Waals surface area contributed by atoms with Gasteiger partial charge in [0, 0.05) is 38.9 Å². The molecule has 3 rings (SSSR count). The maximum Gasteiger partial charge on any atom is 0.405 e. The van der Waals surface area contributed by atoms with Crippen LogP contribution in [0.15, 0.2) is 23.0 Å². The standard InChI is InChI=1S/C23H27F3N8O3S/c1-3-34-21(37)16(38-22(34)15(11-27)20(36)29-14-23(24,25)26)12-28-17-5-4-6-18(30-17)31-19(35)13-33-9-7-32(2)8-10-33/h4-6,12H,3,7-10,13-14H2,1-2H3,(H,29,36)(H2,28,30,31,35)/b16-12+,22-15-. The fraction of sp³-hybridized carbons (Fsp3) is 0.435. The maximum absolute atomic E-state index is 12.8. The van der Waals surface area contributed by atoms with E-state index in [9.17, 15) is 32.8 Å². The minimum absolute atomic E-state index is 0.0643. The van der Waals surface area contributed by atoms with Gasteiger partial charge in [0.1, 0.15) is 33.4 Å². The number of nitrogens with one attached hydrogen (secondary N) is 3. The Hall–Kier alpha value is -3.74. The lowest BCUT2D eigenvalue weighted by molar-refractivity contribution is -0.135. The normalized spacial score (nSPS) is 16.1. The number of hydrogen-bond acceptors (Lipinski definition) is 9. The van der Waals surface area contributed by atoms with Crippen molar-refractivity contribution in [1.29, 1.82) is 5.26 Å². The molecule has 0 aliphatic carbocycles. The average Bonchev–Trinajstić information content (AvgIpc) is 3.18. The summed E-state index contributed by atoms with van der Waals surface area (Å²) in [5.41, 5.74) is -1.13. The molecule has 0 aromatic carbocycles. The van der Waals surface area contributed by atoms with Crippen molar-refractivity contribution in [2.45, 2.75) is 19.6 Å². The number of anilines is 2. The van der Waals surface area contributed by atoms with Crippen LogP contribution in [-0.2, 0) is 16.1 Å². The maximum atomic E-state index is 12.8. The summed E-state index contributed by atoms with van der Waals surface area (Å²) in [4.78, 5) is 46.0. The van der Waals surface area contributed by atoms with Crippen LogP contribution in [0.5, 0.6) is 0 Å². The number of halogens is 3. The number of piperazine rings is 1. The van der Waals surface area contributed by atoms with Crippen molar-refractivity contribution in [1.82, 2.24) is 24.7 Å². The molecule has 2 aromatic rings. The van der Waals surface area contributed by atoms with Gasteiger partial charge < -0.3 is 20.9 Å². The van der Waals surface area contributed by atoms with E-state index in [4.69, 9.17) is 0 Å². The van der Waals surface area contributed by atoms with E-state index in [1.54, 1.807) is 36.5 Å². The Kier molecular flexibility index (Phi) is 9.61. The van der Waals surface area contributed by atoms with E-state index in [2.05, 4.69) is 20.5 Å². The van der Waals surface area contributed by atoms with Crippen LogP contribution in [0.3, 0.4) is 0 Å². The third kappa shape index (κ3) is 7.88. The van der Waals surface area contributed by atoms with Crippen molar-refractivity contribution >= 4 is 46.6 Å². The summed E-state index contributed by atoms with van der Waals surface area (Å²) in [7, 11) is 2.03. The predicted octanol–water partition coefficient (Wildman–Crippen LogP) is -0.287. The number of nitrogens with zero attached hydrogens (tertiary/aromatic N) is 5. The lowest BCUT2D eigenvalue weighted by Gasteiger charge is -2.31. The number of carbonyl (C=O) groups excluding carboxylic acids is 2. The van der Waals surface area contributed by atoms with Crippen LogP contribution in [-0.4, -0.2) is 83.7 Å². The van der Waals surface area contributed by atoms with Gasteiger partial charge in [0.25, 0.3) is 11.5 Å². The molecule has 0 bridgehead atoms. The second-order valence-electron chi connectivity index (χ2n) is 8.43. The van der Waals surface area contributed by atoms with Gasteiger partial charge in [-0.05, 0) is 26.1 Å². The van der Waals surface area contributed by atoms with Crippen LogP contribution in [0.1, 0.15) is 6.92 Å². The first-order chi connectivity index (χ1) is 18.0. The van der Waals surface area contributed by atoms with E-state index in [0.29, 0.717) is 11.6 Å². The molecule has 1 aliphatic rings. The molecule has 0 spiro atoms. The van der Waals surface area contributed by atoms with Crippen LogP contribution >= 0.6 is 11.3 Å². The first-order valence-corrected chi connectivity index (χ1v) is 12.5. The molecule has 0 atom stereocenters. The Balaban J connectivity index is 1.77. The summed E-state index contributed by atoms with van der Waals surface area (Å²) in [6.45, 7) is 3.68. The molecule has 15 heteroatoms. The number of pyridine rings is 1. The third-order valence-electron chi connectivity index (χ3n) is 5.56. The van der Waals surface area contributed by atoms with E-state index < -0.39 is 29.8 Å². The molecule has 0 saturated carbocycles. The molecule has 0 unspecified atom stereocenters. The average molecular weight is 553 g/mol. The zero-order valence-electron chi connectivity index (χ0n) is 20.8. The van der Waals surface area contributed by atoms with Gasteiger partial charge in [-0.1, -0.05) is 6.07 Å². The zero-order chi connectivity index (χ0) is 27.9. The second kappa shape index (κ2) is 12.7. The summed E-state index contributed by atoms with van der Waals surface area (Å²) < 4.78 is 38.6. The highest BCUT2D eigenvalue weighted by Crippen LogP contribution is 2.12. The van der Waals surface area contributed by atoms with E-state index in [0.717, 1.165) is 42.1 Å². The van der Waals surface area contributed by atoms with Crippen LogP contribution in [0.25, 0.3) is 11.8 Å². The summed E-state index contributed by atoms with van der Waals surface area (Å²) in [6.07, 6.45) is -3.33. The molecular formula is C23H27F3N8O3S. The number of carbonyl (C=O) groups is 2. The van der Waals surface area contributed by atoms with Gasteiger partial charge in [-0.15, -0.1) is 11.3 Å². The van der Waals surface area contributed by atoms with Gasteiger partial charge in [-0.2, -0.15) is 18.4 Å². The Morgan fingerprint density at radius 1 is 1.21 bits per heavy atom. The van der Waals surface area contributed by atoms with E-state index in [-0.39, 0.29) is 28.2 Å². The molecule has 3 N–H and O–H groups in total. The van der Waals surface area contributed by atoms with Crippen molar-refractivity contribution in [2.24, 2.45) is 0 Å². The summed E-state index contributed by atoms with van der Waals surface area (Å²) in [5, 5.41) is 16.7. The predicted molar refractivity (Wildman–Crippen MR) is 136 cm³/mol. The molecule has 1 aliphatic heterocycles. The minimum atomic E-state index is -4.65. The number of likely N-dealkylation sites (N-methyl/N-ethyl adjacent to an activating group) is 1. The quantitative estimate of drug-likeness (QED) is 0.407. The molecule has 2 aromatic heterocycles. The van der Waals surface area contributed by atoms with Gasteiger partial charge in [0.05, 0.1) is 6.54 Å². The van der Waals surface area contributed by atoms with Crippen molar-refractivity contribution in [3.63, 3.8) is 0 Å². The Morgan fingerprint density at radius 3 is 2.53 bits per heavy atom. The highest BCUT2D eigenvalue weighted by atomic mass is 32.1. The fourth-order valence-corrected chi connectivity index (χ4v) is 4.66. The molecule has 204 valence electrons. The lowest BCUT2D eigenvalue weighted by atomic mass is 10.3. The van der Waals surface area contributed by atoms with Crippen molar-refractivity contribution < 1.29 is 22.8 Å². The van der Waals surface area contributed by atoms with Crippen LogP contribution < -0.4 is 30.7 Å².